The summed E-state index contributed by atoms with van der Waals surface area (Å²) in [6.07, 6.45) is -5.08. The summed E-state index contributed by atoms with van der Waals surface area (Å²) in [5.41, 5.74) is 0. The summed E-state index contributed by atoms with van der Waals surface area (Å²) in [6.45, 7) is 0. The largest absolute Gasteiger partial charge is 0.490 e. The standard InChI is InChI=1S/C18H15P.C2HF3O2.Au/c1-4-10-16(11-5-1)19(17-12-6-2-7-13-17)18-14-8-3-9-15-18;3-2(4,5)1(6)7;/h1-15H;(H,6,7);. The van der Waals surface area contributed by atoms with Crippen molar-refractivity contribution in [2.75, 3.05) is 0 Å². The molecule has 3 aromatic rings. The molecule has 1 radical (unpaired) electrons. The maximum Gasteiger partial charge on any atom is 0.490 e. The van der Waals surface area contributed by atoms with Crippen molar-refractivity contribution in [3.05, 3.63) is 91.0 Å². The van der Waals surface area contributed by atoms with Gasteiger partial charge in [0.1, 0.15) is 0 Å². The van der Waals surface area contributed by atoms with Crippen molar-refractivity contribution in [1.29, 1.82) is 0 Å². The predicted octanol–water partition coefficient (Wildman–Crippen LogP) is 4.08. The zero-order valence-electron chi connectivity index (χ0n) is 13.9. The predicted molar refractivity (Wildman–Crippen MR) is 98.8 cm³/mol. The van der Waals surface area contributed by atoms with Crippen molar-refractivity contribution in [2.24, 2.45) is 0 Å². The maximum atomic E-state index is 10.6. The number of benzene rings is 3. The topological polar surface area (TPSA) is 37.3 Å². The summed E-state index contributed by atoms with van der Waals surface area (Å²) in [5.74, 6) is -2.76. The van der Waals surface area contributed by atoms with Gasteiger partial charge in [0.2, 0.25) is 0 Å². The Labute approximate surface area is 172 Å². The smallest absolute Gasteiger partial charge is 0.475 e. The number of alkyl halides is 3. The average molecular weight is 573 g/mol. The number of aliphatic carboxylic acids is 1. The molecule has 3 aromatic carbocycles. The molecule has 0 atom stereocenters. The van der Waals surface area contributed by atoms with Gasteiger partial charge in [-0.05, 0) is 23.8 Å². The molecular weight excluding hydrogens is 557 g/mol. The molecule has 0 saturated carbocycles. The SMILES string of the molecule is O=C(O)C(F)(F)F.[Au].c1ccc(P(c2ccccc2)c2ccccc2)cc1. The van der Waals surface area contributed by atoms with E-state index >= 15 is 0 Å². The van der Waals surface area contributed by atoms with Gasteiger partial charge in [-0.3, -0.25) is 0 Å². The van der Waals surface area contributed by atoms with Crippen LogP contribution in [0.5, 0.6) is 0 Å². The van der Waals surface area contributed by atoms with Gasteiger partial charge in [0.05, 0.1) is 0 Å². The molecule has 0 heterocycles. The molecule has 145 valence electrons. The number of hydrogen-bond acceptors (Lipinski definition) is 1. The van der Waals surface area contributed by atoms with Crippen LogP contribution < -0.4 is 15.9 Å². The van der Waals surface area contributed by atoms with E-state index in [1.165, 1.54) is 15.9 Å². The summed E-state index contributed by atoms with van der Waals surface area (Å²) >= 11 is 0. The quantitative estimate of drug-likeness (QED) is 0.379. The van der Waals surface area contributed by atoms with Crippen molar-refractivity contribution >= 4 is 29.8 Å². The summed E-state index contributed by atoms with van der Waals surface area (Å²) < 4.78 is 31.7. The van der Waals surface area contributed by atoms with Crippen molar-refractivity contribution in [3.63, 3.8) is 0 Å². The minimum absolute atomic E-state index is 0. The summed E-state index contributed by atoms with van der Waals surface area (Å²) in [6, 6.07) is 32.3. The normalized spacial score (nSPS) is 10.4. The number of carboxylic acid groups (broad SMARTS) is 1. The molecule has 7 heteroatoms. The zero-order valence-corrected chi connectivity index (χ0v) is 17.0. The molecule has 2 nitrogen and oxygen atoms in total. The summed E-state index contributed by atoms with van der Waals surface area (Å²) in [7, 11) is -0.446. The Balaban J connectivity index is 0.000000395. The molecule has 3 rings (SSSR count). The van der Waals surface area contributed by atoms with Gasteiger partial charge in [-0.15, -0.1) is 0 Å². The van der Waals surface area contributed by atoms with Crippen LogP contribution in [-0.4, -0.2) is 17.3 Å². The van der Waals surface area contributed by atoms with Crippen LogP contribution in [0.15, 0.2) is 91.0 Å². The average Bonchev–Trinajstić information content (AvgIpc) is 2.64. The van der Waals surface area contributed by atoms with Gasteiger partial charge in [-0.2, -0.15) is 13.2 Å². The van der Waals surface area contributed by atoms with Crippen molar-refractivity contribution in [3.8, 4) is 0 Å². The van der Waals surface area contributed by atoms with E-state index < -0.39 is 20.1 Å². The van der Waals surface area contributed by atoms with Crippen molar-refractivity contribution in [2.45, 2.75) is 6.18 Å². The number of halogens is 3. The third-order valence-electron chi connectivity index (χ3n) is 3.29. The van der Waals surface area contributed by atoms with E-state index in [9.17, 15) is 13.2 Å². The van der Waals surface area contributed by atoms with Gasteiger partial charge in [-0.25, -0.2) is 4.79 Å². The molecule has 0 saturated heterocycles. The van der Waals surface area contributed by atoms with E-state index in [2.05, 4.69) is 91.0 Å². The molecule has 0 bridgehead atoms. The van der Waals surface area contributed by atoms with Crippen LogP contribution >= 0.6 is 7.92 Å². The van der Waals surface area contributed by atoms with Gasteiger partial charge >= 0.3 is 12.1 Å². The maximum absolute atomic E-state index is 10.6. The van der Waals surface area contributed by atoms with Gasteiger partial charge in [0.15, 0.2) is 0 Å². The number of hydrogen-bond donors (Lipinski definition) is 1. The van der Waals surface area contributed by atoms with Gasteiger partial charge < -0.3 is 5.11 Å². The molecule has 0 spiro atoms. The van der Waals surface area contributed by atoms with E-state index in [-0.39, 0.29) is 22.4 Å². The van der Waals surface area contributed by atoms with E-state index in [0.717, 1.165) is 0 Å². The molecule has 0 amide bonds. The second-order valence-electron chi connectivity index (χ2n) is 5.14. The molecule has 0 aliphatic carbocycles. The van der Waals surface area contributed by atoms with Crippen molar-refractivity contribution < 1.29 is 45.5 Å². The Morgan fingerprint density at radius 2 is 0.889 bits per heavy atom. The molecule has 0 fully saturated rings. The zero-order chi connectivity index (χ0) is 19.0. The molecule has 27 heavy (non-hydrogen) atoms. The van der Waals surface area contributed by atoms with Crippen LogP contribution in [0.3, 0.4) is 0 Å². The van der Waals surface area contributed by atoms with E-state index in [1.54, 1.807) is 0 Å². The second-order valence-corrected chi connectivity index (χ2v) is 7.36. The Hall–Kier alpha value is -1.91. The first-order valence-electron chi connectivity index (χ1n) is 7.65. The Morgan fingerprint density at radius 3 is 1.07 bits per heavy atom. The fourth-order valence-electron chi connectivity index (χ4n) is 2.18. The fraction of sp³-hybridized carbons (Fsp3) is 0.0500. The Kier molecular flexibility index (Phi) is 9.47. The molecule has 0 aliphatic rings. The first-order valence-corrected chi connectivity index (χ1v) is 8.99. The fourth-order valence-corrected chi connectivity index (χ4v) is 4.48. The number of carboxylic acids is 1. The van der Waals surface area contributed by atoms with Gasteiger partial charge in [0.25, 0.3) is 0 Å². The summed E-state index contributed by atoms with van der Waals surface area (Å²) in [5, 5.41) is 11.3. The van der Waals surface area contributed by atoms with Crippen LogP contribution in [0.1, 0.15) is 0 Å². The third kappa shape index (κ3) is 7.31. The number of rotatable bonds is 3. The van der Waals surface area contributed by atoms with E-state index in [4.69, 9.17) is 9.90 Å². The minimum atomic E-state index is -5.08. The third-order valence-corrected chi connectivity index (χ3v) is 5.73. The molecule has 0 unspecified atom stereocenters. The van der Waals surface area contributed by atoms with E-state index in [1.807, 2.05) is 0 Å². The van der Waals surface area contributed by atoms with Gasteiger partial charge in [0, 0.05) is 22.4 Å². The van der Waals surface area contributed by atoms with Crippen LogP contribution in [0.4, 0.5) is 13.2 Å². The molecule has 0 aromatic heterocycles. The minimum Gasteiger partial charge on any atom is -0.475 e. The first-order chi connectivity index (χ1) is 12.4. The second kappa shape index (κ2) is 11.1. The van der Waals surface area contributed by atoms with Crippen LogP contribution in [-0.2, 0) is 27.2 Å². The van der Waals surface area contributed by atoms with Crippen molar-refractivity contribution in [1.82, 2.24) is 0 Å². The monoisotopic (exact) mass is 573 g/mol. The van der Waals surface area contributed by atoms with Gasteiger partial charge in [-0.1, -0.05) is 91.0 Å². The van der Waals surface area contributed by atoms with Crippen LogP contribution in [0, 0.1) is 0 Å². The molecular formula is C20H16AuF3O2P. The van der Waals surface area contributed by atoms with E-state index in [0.29, 0.717) is 0 Å². The Bertz CT molecular complexity index is 719. The molecule has 1 N–H and O–H groups in total. The number of carbonyl (C=O) groups is 1. The molecule has 0 aliphatic heterocycles. The summed E-state index contributed by atoms with van der Waals surface area (Å²) in [4.78, 5) is 8.90. The Morgan fingerprint density at radius 1 is 0.667 bits per heavy atom. The van der Waals surface area contributed by atoms with Crippen LogP contribution in [0.25, 0.3) is 0 Å². The first kappa shape index (κ1) is 23.1. The van der Waals surface area contributed by atoms with Crippen LogP contribution in [0.2, 0.25) is 0 Å².